The van der Waals surface area contributed by atoms with Crippen molar-refractivity contribution in [2.45, 2.75) is 37.8 Å². The van der Waals surface area contributed by atoms with Crippen LogP contribution in [0.25, 0.3) is 11.0 Å². The third-order valence-corrected chi connectivity index (χ3v) is 4.80. The Morgan fingerprint density at radius 2 is 2.07 bits per heavy atom. The highest BCUT2D eigenvalue weighted by atomic mass is 16.5. The van der Waals surface area contributed by atoms with Crippen LogP contribution >= 0.6 is 0 Å². The van der Waals surface area contributed by atoms with Gasteiger partial charge in [-0.1, -0.05) is 18.0 Å². The molecular formula is C18H21N7O2. The fourth-order valence-electron chi connectivity index (χ4n) is 3.32. The number of nitrogens with zero attached hydrogens (tertiary/aromatic N) is 3. The SMILES string of the molecule is NC(=O)c1cnc(N[C@@H]2CCCC[C@@H]2N)nc1Nc1ccc2oncc2c1. The minimum absolute atomic E-state index is 0.0607. The number of amides is 1. The van der Waals surface area contributed by atoms with E-state index in [-0.39, 0.29) is 17.6 Å². The molecule has 0 bridgehead atoms. The average Bonchev–Trinajstić information content (AvgIpc) is 3.11. The highest BCUT2D eigenvalue weighted by molar-refractivity contribution is 5.98. The average molecular weight is 367 g/mol. The Kier molecular flexibility index (Phi) is 4.59. The minimum atomic E-state index is -0.607. The minimum Gasteiger partial charge on any atom is -0.365 e. The van der Waals surface area contributed by atoms with Crippen LogP contribution < -0.4 is 22.1 Å². The Bertz CT molecular complexity index is 971. The summed E-state index contributed by atoms with van der Waals surface area (Å²) in [7, 11) is 0. The predicted octanol–water partition coefficient (Wildman–Crippen LogP) is 2.14. The van der Waals surface area contributed by atoms with Crippen LogP contribution in [0.5, 0.6) is 0 Å². The van der Waals surface area contributed by atoms with Crippen molar-refractivity contribution < 1.29 is 9.32 Å². The van der Waals surface area contributed by atoms with Gasteiger partial charge in [-0.05, 0) is 31.0 Å². The van der Waals surface area contributed by atoms with Gasteiger partial charge in [-0.15, -0.1) is 0 Å². The molecule has 1 amide bonds. The molecule has 1 aliphatic rings. The lowest BCUT2D eigenvalue weighted by Crippen LogP contribution is -2.43. The van der Waals surface area contributed by atoms with Gasteiger partial charge in [0.15, 0.2) is 5.58 Å². The lowest BCUT2D eigenvalue weighted by molar-refractivity contribution is 0.100. The standard InChI is InChI=1S/C18H21N7O2/c19-13-3-1-2-4-14(13)24-18-21-9-12(16(20)26)17(25-18)23-11-5-6-15-10(7-11)8-22-27-15/h5-9,13-14H,1-4,19H2,(H2,20,26)(H2,21,23,24,25)/t13-,14+/m0/s1. The van der Waals surface area contributed by atoms with E-state index in [0.29, 0.717) is 17.3 Å². The van der Waals surface area contributed by atoms with E-state index in [9.17, 15) is 4.79 Å². The molecule has 0 saturated heterocycles. The molecule has 0 radical (unpaired) electrons. The monoisotopic (exact) mass is 367 g/mol. The second-order valence-corrected chi connectivity index (χ2v) is 6.72. The maximum atomic E-state index is 11.8. The fraction of sp³-hybridized carbons (Fsp3) is 0.333. The van der Waals surface area contributed by atoms with Crippen LogP contribution in [-0.4, -0.2) is 33.1 Å². The molecule has 3 aromatic rings. The summed E-state index contributed by atoms with van der Waals surface area (Å²) in [6.45, 7) is 0. The lowest BCUT2D eigenvalue weighted by atomic mass is 9.91. The second kappa shape index (κ2) is 7.20. The zero-order chi connectivity index (χ0) is 18.8. The molecule has 1 aromatic carbocycles. The molecule has 0 unspecified atom stereocenters. The van der Waals surface area contributed by atoms with Crippen LogP contribution in [0.4, 0.5) is 17.5 Å². The number of hydrogen-bond acceptors (Lipinski definition) is 8. The van der Waals surface area contributed by atoms with Gasteiger partial charge >= 0.3 is 0 Å². The quantitative estimate of drug-likeness (QED) is 0.536. The van der Waals surface area contributed by atoms with Crippen molar-refractivity contribution in [3.8, 4) is 0 Å². The first-order valence-electron chi connectivity index (χ1n) is 8.90. The number of primary amides is 1. The largest absolute Gasteiger partial charge is 0.365 e. The normalized spacial score (nSPS) is 19.7. The Balaban J connectivity index is 1.61. The molecule has 140 valence electrons. The Labute approximate surface area is 155 Å². The molecule has 6 N–H and O–H groups in total. The zero-order valence-corrected chi connectivity index (χ0v) is 14.7. The van der Waals surface area contributed by atoms with Crippen LogP contribution in [0.3, 0.4) is 0 Å². The number of carbonyl (C=O) groups is 1. The highest BCUT2D eigenvalue weighted by Crippen LogP contribution is 2.25. The summed E-state index contributed by atoms with van der Waals surface area (Å²) >= 11 is 0. The second-order valence-electron chi connectivity index (χ2n) is 6.72. The van der Waals surface area contributed by atoms with Gasteiger partial charge in [-0.2, -0.15) is 4.98 Å². The van der Waals surface area contributed by atoms with E-state index in [1.165, 1.54) is 6.20 Å². The van der Waals surface area contributed by atoms with Gasteiger partial charge in [0.05, 0.1) is 6.20 Å². The van der Waals surface area contributed by atoms with Gasteiger partial charge in [0.2, 0.25) is 5.95 Å². The molecule has 1 fully saturated rings. The van der Waals surface area contributed by atoms with Gasteiger partial charge < -0.3 is 26.6 Å². The van der Waals surface area contributed by atoms with Gasteiger partial charge in [-0.25, -0.2) is 4.98 Å². The number of aromatic nitrogens is 3. The van der Waals surface area contributed by atoms with E-state index in [4.69, 9.17) is 16.0 Å². The van der Waals surface area contributed by atoms with E-state index in [1.54, 1.807) is 12.3 Å². The molecule has 2 heterocycles. The molecule has 9 nitrogen and oxygen atoms in total. The maximum Gasteiger partial charge on any atom is 0.254 e. The highest BCUT2D eigenvalue weighted by Gasteiger charge is 2.23. The number of carbonyl (C=O) groups excluding carboxylic acids is 1. The molecule has 2 aromatic heterocycles. The Morgan fingerprint density at radius 3 is 2.89 bits per heavy atom. The maximum absolute atomic E-state index is 11.8. The van der Waals surface area contributed by atoms with E-state index in [0.717, 1.165) is 36.8 Å². The molecule has 27 heavy (non-hydrogen) atoms. The van der Waals surface area contributed by atoms with E-state index >= 15 is 0 Å². The molecule has 9 heteroatoms. The molecule has 2 atom stereocenters. The third kappa shape index (κ3) is 3.68. The molecule has 0 aliphatic heterocycles. The number of rotatable bonds is 5. The molecule has 4 rings (SSSR count). The van der Waals surface area contributed by atoms with Crippen LogP contribution in [-0.2, 0) is 0 Å². The van der Waals surface area contributed by atoms with Gasteiger partial charge in [0, 0.05) is 29.4 Å². The number of fused-ring (bicyclic) bond motifs is 1. The number of anilines is 3. The summed E-state index contributed by atoms with van der Waals surface area (Å²) in [5.41, 5.74) is 13.3. The smallest absolute Gasteiger partial charge is 0.254 e. The van der Waals surface area contributed by atoms with Crippen LogP contribution in [0, 0.1) is 0 Å². The molecule has 1 aliphatic carbocycles. The summed E-state index contributed by atoms with van der Waals surface area (Å²) in [4.78, 5) is 20.5. The number of hydrogen-bond donors (Lipinski definition) is 4. The zero-order valence-electron chi connectivity index (χ0n) is 14.7. The topological polar surface area (TPSA) is 145 Å². The van der Waals surface area contributed by atoms with Gasteiger partial charge in [-0.3, -0.25) is 4.79 Å². The van der Waals surface area contributed by atoms with Crippen molar-refractivity contribution in [3.05, 3.63) is 36.2 Å². The van der Waals surface area contributed by atoms with E-state index < -0.39 is 5.91 Å². The van der Waals surface area contributed by atoms with Crippen molar-refractivity contribution in [1.29, 1.82) is 0 Å². The predicted molar refractivity (Wildman–Crippen MR) is 102 cm³/mol. The van der Waals surface area contributed by atoms with Crippen LogP contribution in [0.1, 0.15) is 36.0 Å². The summed E-state index contributed by atoms with van der Waals surface area (Å²) in [5, 5.41) is 11.0. The van der Waals surface area contributed by atoms with Gasteiger partial charge in [0.1, 0.15) is 11.4 Å². The summed E-state index contributed by atoms with van der Waals surface area (Å²) in [6, 6.07) is 5.62. The van der Waals surface area contributed by atoms with Crippen molar-refractivity contribution in [3.63, 3.8) is 0 Å². The molecule has 0 spiro atoms. The summed E-state index contributed by atoms with van der Waals surface area (Å²) in [5.74, 6) is 0.139. The number of benzene rings is 1. The van der Waals surface area contributed by atoms with Gasteiger partial charge in [0.25, 0.3) is 5.91 Å². The molecule has 1 saturated carbocycles. The van der Waals surface area contributed by atoms with Crippen molar-refractivity contribution >= 4 is 34.3 Å². The van der Waals surface area contributed by atoms with Crippen molar-refractivity contribution in [2.24, 2.45) is 11.5 Å². The Morgan fingerprint density at radius 1 is 1.22 bits per heavy atom. The van der Waals surface area contributed by atoms with Crippen molar-refractivity contribution in [2.75, 3.05) is 10.6 Å². The first-order chi connectivity index (χ1) is 13.1. The first kappa shape index (κ1) is 17.2. The van der Waals surface area contributed by atoms with Crippen LogP contribution in [0.2, 0.25) is 0 Å². The first-order valence-corrected chi connectivity index (χ1v) is 8.90. The molecular weight excluding hydrogens is 346 g/mol. The van der Waals surface area contributed by atoms with E-state index in [2.05, 4.69) is 25.8 Å². The lowest BCUT2D eigenvalue weighted by Gasteiger charge is -2.29. The summed E-state index contributed by atoms with van der Waals surface area (Å²) < 4.78 is 5.10. The number of nitrogens with two attached hydrogens (primary N) is 2. The number of nitrogens with one attached hydrogen (secondary N) is 2. The third-order valence-electron chi connectivity index (χ3n) is 4.80. The Hall–Kier alpha value is -3.20. The summed E-state index contributed by atoms with van der Waals surface area (Å²) in [6.07, 6.45) is 7.24. The fourth-order valence-corrected chi connectivity index (χ4v) is 3.32. The van der Waals surface area contributed by atoms with Crippen LogP contribution in [0.15, 0.2) is 35.1 Å². The van der Waals surface area contributed by atoms with E-state index in [1.807, 2.05) is 12.1 Å². The van der Waals surface area contributed by atoms with Crippen molar-refractivity contribution in [1.82, 2.24) is 15.1 Å².